The van der Waals surface area contributed by atoms with Gasteiger partial charge >= 0.3 is 6.09 Å². The molecule has 45 heavy (non-hydrogen) atoms. The van der Waals surface area contributed by atoms with Crippen molar-refractivity contribution in [3.63, 3.8) is 0 Å². The van der Waals surface area contributed by atoms with Crippen LogP contribution in [0.5, 0.6) is 0 Å². The van der Waals surface area contributed by atoms with Crippen molar-refractivity contribution in [2.24, 2.45) is 51.8 Å². The van der Waals surface area contributed by atoms with E-state index >= 15 is 4.39 Å². The average Bonchev–Trinajstić information content (AvgIpc) is 3.14. The number of allylic oxidation sites excluding steroid dienone is 4. The van der Waals surface area contributed by atoms with Gasteiger partial charge in [0.25, 0.3) is 0 Å². The summed E-state index contributed by atoms with van der Waals surface area (Å²) in [6.45, 7) is 8.72. The first-order valence-corrected chi connectivity index (χ1v) is 17.5. The molecule has 8 atom stereocenters. The number of hydrogen-bond donors (Lipinski definition) is 3. The van der Waals surface area contributed by atoms with Crippen molar-refractivity contribution < 1.29 is 33.7 Å². The number of alkyl carbamates (subject to hydrolysis) is 1. The Morgan fingerprint density at radius 2 is 1.67 bits per heavy atom. The third kappa shape index (κ3) is 4.29. The molecule has 0 aromatic rings. The van der Waals surface area contributed by atoms with Crippen molar-refractivity contribution >= 4 is 17.7 Å². The van der Waals surface area contributed by atoms with Crippen LogP contribution in [0.2, 0.25) is 0 Å². The minimum Gasteiger partial charge on any atom is -0.434 e. The average molecular weight is 626 g/mol. The number of carbonyl (C=O) groups excluding carboxylic acids is 3. The molecule has 8 heteroatoms. The number of hydrogen-bond acceptors (Lipinski definition) is 6. The number of fused-ring (bicyclic) bond motifs is 5. The lowest BCUT2D eigenvalue weighted by atomic mass is 9.44. The lowest BCUT2D eigenvalue weighted by Gasteiger charge is -2.62. The molecule has 0 heterocycles. The van der Waals surface area contributed by atoms with Crippen molar-refractivity contribution in [3.8, 4) is 0 Å². The summed E-state index contributed by atoms with van der Waals surface area (Å²) in [5.41, 5.74) is -5.68. The third-order valence-electron chi connectivity index (χ3n) is 14.4. The molecule has 4 bridgehead atoms. The number of halogens is 1. The first-order valence-electron chi connectivity index (χ1n) is 17.5. The summed E-state index contributed by atoms with van der Waals surface area (Å²) in [4.78, 5) is 40.0. The summed E-state index contributed by atoms with van der Waals surface area (Å²) in [6.07, 6.45) is 12.1. The quantitative estimate of drug-likeness (QED) is 0.333. The van der Waals surface area contributed by atoms with Gasteiger partial charge in [0.15, 0.2) is 17.1 Å². The van der Waals surface area contributed by atoms with Crippen molar-refractivity contribution in [1.29, 1.82) is 0 Å². The number of carbonyl (C=O) groups is 3. The van der Waals surface area contributed by atoms with Crippen molar-refractivity contribution in [2.75, 3.05) is 6.61 Å². The smallest absolute Gasteiger partial charge is 0.408 e. The lowest BCUT2D eigenvalue weighted by molar-refractivity contribution is -0.219. The number of ketones is 2. The van der Waals surface area contributed by atoms with Crippen LogP contribution >= 0.6 is 0 Å². The molecule has 1 amide bonds. The van der Waals surface area contributed by atoms with Crippen molar-refractivity contribution in [1.82, 2.24) is 5.32 Å². The second-order valence-corrected chi connectivity index (χ2v) is 17.7. The van der Waals surface area contributed by atoms with E-state index in [1.165, 1.54) is 50.7 Å². The first kappa shape index (κ1) is 31.5. The molecule has 3 N–H and O–H groups in total. The molecule has 7 saturated carbocycles. The summed E-state index contributed by atoms with van der Waals surface area (Å²) in [7, 11) is 0. The van der Waals surface area contributed by atoms with Crippen LogP contribution in [-0.2, 0) is 14.3 Å². The van der Waals surface area contributed by atoms with Gasteiger partial charge in [-0.25, -0.2) is 9.18 Å². The van der Waals surface area contributed by atoms with Crippen molar-refractivity contribution in [2.45, 2.75) is 128 Å². The molecule has 0 aliphatic heterocycles. The Labute approximate surface area is 266 Å². The standard InChI is InChI=1S/C37H52FNO6/c1-21-10-28-27-7-6-25-14-26(41)8-9-33(25,4)36(27,38)29(42)18-34(28,5)37(21,30(43)19-40)45-31(44)39-32(2,3)20-35-15-22-11-23(16-35)13-24(12-22)17-35/h8-9,14,21-24,27-29,40,42H,6-7,10-13,15-20H2,1-5H3,(H,39,44)/t21-,22?,23?,24?,27-,28-,29-,33-,34-,35?,36-,37-/m0/s1. The van der Waals surface area contributed by atoms with Crippen LogP contribution in [-0.4, -0.2) is 57.4 Å². The number of alkyl halides is 1. The van der Waals surface area contributed by atoms with Crippen LogP contribution in [0.25, 0.3) is 0 Å². The lowest BCUT2D eigenvalue weighted by Crippen LogP contribution is -2.70. The zero-order valence-electron chi connectivity index (χ0n) is 27.7. The van der Waals surface area contributed by atoms with E-state index in [2.05, 4.69) is 5.32 Å². The third-order valence-corrected chi connectivity index (χ3v) is 14.4. The summed E-state index contributed by atoms with van der Waals surface area (Å²) in [6, 6.07) is 0. The number of amides is 1. The van der Waals surface area contributed by atoms with E-state index in [-0.39, 0.29) is 23.5 Å². The van der Waals surface area contributed by atoms with Crippen LogP contribution < -0.4 is 5.32 Å². The van der Waals surface area contributed by atoms with Gasteiger partial charge < -0.3 is 20.3 Å². The molecule has 0 spiro atoms. The number of aliphatic hydroxyl groups excluding tert-OH is 2. The number of ether oxygens (including phenoxy) is 1. The molecule has 8 aliphatic carbocycles. The Balaban J connectivity index is 1.17. The molecule has 248 valence electrons. The highest BCUT2D eigenvalue weighted by molar-refractivity contribution is 6.01. The van der Waals surface area contributed by atoms with E-state index in [0.717, 1.165) is 24.2 Å². The largest absolute Gasteiger partial charge is 0.434 e. The first-order chi connectivity index (χ1) is 21.0. The summed E-state index contributed by atoms with van der Waals surface area (Å²) in [5, 5.41) is 25.2. The molecule has 7 nitrogen and oxygen atoms in total. The van der Waals surface area contributed by atoms with Gasteiger partial charge in [-0.3, -0.25) is 9.59 Å². The minimum absolute atomic E-state index is 0.102. The predicted molar refractivity (Wildman–Crippen MR) is 167 cm³/mol. The summed E-state index contributed by atoms with van der Waals surface area (Å²) >= 11 is 0. The Morgan fingerprint density at radius 3 is 2.27 bits per heavy atom. The highest BCUT2D eigenvalue weighted by Crippen LogP contribution is 2.71. The number of rotatable bonds is 6. The monoisotopic (exact) mass is 625 g/mol. The number of nitrogens with one attached hydrogen (secondary N) is 1. The van der Waals surface area contributed by atoms with Crippen molar-refractivity contribution in [3.05, 3.63) is 23.8 Å². The van der Waals surface area contributed by atoms with Gasteiger partial charge in [0.1, 0.15) is 6.61 Å². The van der Waals surface area contributed by atoms with Crippen LogP contribution in [0.15, 0.2) is 23.8 Å². The molecular formula is C37H52FNO6. The van der Waals surface area contributed by atoms with Gasteiger partial charge in [-0.15, -0.1) is 0 Å². The van der Waals surface area contributed by atoms with Gasteiger partial charge in [-0.2, -0.15) is 0 Å². The molecule has 7 fully saturated rings. The van der Waals surface area contributed by atoms with E-state index in [0.29, 0.717) is 24.8 Å². The molecule has 0 unspecified atom stereocenters. The Morgan fingerprint density at radius 1 is 1.04 bits per heavy atom. The normalized spacial score (nSPS) is 49.6. The van der Waals surface area contributed by atoms with E-state index in [9.17, 15) is 24.6 Å². The van der Waals surface area contributed by atoms with Crippen LogP contribution in [0.4, 0.5) is 9.18 Å². The van der Waals surface area contributed by atoms with Crippen LogP contribution in [0, 0.1) is 51.8 Å². The van der Waals surface area contributed by atoms with E-state index in [1.807, 2.05) is 27.7 Å². The minimum atomic E-state index is -2.06. The summed E-state index contributed by atoms with van der Waals surface area (Å²) in [5.74, 6) is 0.102. The molecule has 8 rings (SSSR count). The summed E-state index contributed by atoms with van der Waals surface area (Å²) < 4.78 is 24.0. The van der Waals surface area contributed by atoms with Gasteiger partial charge in [0.2, 0.25) is 5.78 Å². The van der Waals surface area contributed by atoms with Crippen LogP contribution in [0.1, 0.15) is 105 Å². The Hall–Kier alpha value is -2.06. The maximum Gasteiger partial charge on any atom is 0.408 e. The SMILES string of the molecule is C[C@H]1C[C@H]2[C@@H]3CCC4=CC(=O)C=C[C@]4(C)[C@@]3(F)[C@@H](O)C[C@]2(C)[C@@]1(OC(=O)NC(C)(C)CC12CC3CC(CC(C3)C1)C2)C(=O)CO. The fourth-order valence-corrected chi connectivity index (χ4v) is 13.5. The zero-order valence-corrected chi connectivity index (χ0v) is 27.7. The Bertz CT molecular complexity index is 1330. The second-order valence-electron chi connectivity index (χ2n) is 17.7. The van der Waals surface area contributed by atoms with Crippen LogP contribution in [0.3, 0.4) is 0 Å². The topological polar surface area (TPSA) is 113 Å². The van der Waals surface area contributed by atoms with E-state index < -0.39 is 64.1 Å². The fraction of sp³-hybridized carbons (Fsp3) is 0.811. The highest BCUT2D eigenvalue weighted by Gasteiger charge is 2.77. The zero-order chi connectivity index (χ0) is 32.4. The number of Topliss-reactive ketones (excluding diaryl/α,β-unsaturated/α-hetero) is 1. The maximum absolute atomic E-state index is 17.7. The molecule has 8 aliphatic rings. The predicted octanol–water partition coefficient (Wildman–Crippen LogP) is 6.01. The Kier molecular flexibility index (Phi) is 6.99. The molecule has 0 radical (unpaired) electrons. The van der Waals surface area contributed by atoms with Gasteiger partial charge in [0, 0.05) is 28.2 Å². The maximum atomic E-state index is 17.7. The van der Waals surface area contributed by atoms with Gasteiger partial charge in [0.05, 0.1) is 6.10 Å². The van der Waals surface area contributed by atoms with Gasteiger partial charge in [-0.1, -0.05) is 25.5 Å². The molecular weight excluding hydrogens is 573 g/mol. The van der Waals surface area contributed by atoms with E-state index in [1.54, 1.807) is 13.0 Å². The fourth-order valence-electron chi connectivity index (χ4n) is 13.5. The molecule has 0 saturated heterocycles. The van der Waals surface area contributed by atoms with Gasteiger partial charge in [-0.05, 0) is 133 Å². The second kappa shape index (κ2) is 9.98. The molecule has 0 aromatic heterocycles. The molecule has 0 aromatic carbocycles. The van der Waals surface area contributed by atoms with E-state index in [4.69, 9.17) is 4.74 Å². The highest BCUT2D eigenvalue weighted by atomic mass is 19.1. The number of aliphatic hydroxyl groups is 2.